The van der Waals surface area contributed by atoms with Crippen molar-refractivity contribution in [3.63, 3.8) is 0 Å². The molecule has 0 aliphatic carbocycles. The second kappa shape index (κ2) is 6.34. The third-order valence-corrected chi connectivity index (χ3v) is 3.41. The Morgan fingerprint density at radius 1 is 1.33 bits per heavy atom. The topological polar surface area (TPSA) is 68.3 Å². The second-order valence-corrected chi connectivity index (χ2v) is 4.99. The molecule has 116 valence electrons. The van der Waals surface area contributed by atoms with E-state index in [1.165, 1.54) is 12.1 Å². The van der Waals surface area contributed by atoms with Gasteiger partial charge >= 0.3 is 6.18 Å². The molecule has 1 fully saturated rings. The molecule has 0 saturated carbocycles. The van der Waals surface area contributed by atoms with Crippen molar-refractivity contribution in [1.82, 2.24) is 0 Å². The predicted octanol–water partition coefficient (Wildman–Crippen LogP) is 2.79. The molecule has 1 saturated heterocycles. The maximum absolute atomic E-state index is 12.8. The van der Waals surface area contributed by atoms with E-state index in [9.17, 15) is 13.2 Å². The quantitative estimate of drug-likeness (QED) is 0.664. The van der Waals surface area contributed by atoms with Gasteiger partial charge in [0, 0.05) is 18.8 Å². The van der Waals surface area contributed by atoms with E-state index in [-0.39, 0.29) is 5.56 Å². The van der Waals surface area contributed by atoms with Gasteiger partial charge in [-0.25, -0.2) is 0 Å². The largest absolute Gasteiger partial charge is 0.493 e. The van der Waals surface area contributed by atoms with Gasteiger partial charge in [0.15, 0.2) is 0 Å². The van der Waals surface area contributed by atoms with E-state index in [1.54, 1.807) is 0 Å². The molecule has 0 atom stereocenters. The van der Waals surface area contributed by atoms with Crippen LogP contribution in [0.25, 0.3) is 0 Å². The molecule has 1 aromatic rings. The minimum Gasteiger partial charge on any atom is -0.493 e. The molecular formula is C14H17F3N2O2. The maximum atomic E-state index is 12.8. The Bertz CT molecular complexity index is 511. The standard InChI is InChI=1S/C14H17F3N2O2/c15-14(16,17)12-2-1-10(7-11(12)13(18)19)21-8-9-3-5-20-6-4-9/h1-2,7,9H,3-6,8H2,(H3,18,19). The second-order valence-electron chi connectivity index (χ2n) is 4.99. The van der Waals surface area contributed by atoms with Crippen LogP contribution in [-0.4, -0.2) is 25.7 Å². The molecule has 0 aromatic heterocycles. The third kappa shape index (κ3) is 4.10. The third-order valence-electron chi connectivity index (χ3n) is 3.41. The van der Waals surface area contributed by atoms with Crippen molar-refractivity contribution >= 4 is 5.84 Å². The fourth-order valence-electron chi connectivity index (χ4n) is 2.21. The summed E-state index contributed by atoms with van der Waals surface area (Å²) in [6.45, 7) is 1.78. The first-order valence-corrected chi connectivity index (χ1v) is 6.64. The van der Waals surface area contributed by atoms with Crippen LogP contribution in [0.1, 0.15) is 24.0 Å². The summed E-state index contributed by atoms with van der Waals surface area (Å²) in [6, 6.07) is 3.33. The highest BCUT2D eigenvalue weighted by Crippen LogP contribution is 2.33. The molecule has 1 heterocycles. The van der Waals surface area contributed by atoms with Crippen LogP contribution in [0.4, 0.5) is 13.2 Å². The lowest BCUT2D eigenvalue weighted by Crippen LogP contribution is -2.22. The molecular weight excluding hydrogens is 285 g/mol. The Labute approximate surface area is 120 Å². The summed E-state index contributed by atoms with van der Waals surface area (Å²) in [7, 11) is 0. The Hall–Kier alpha value is -1.76. The minimum absolute atomic E-state index is 0.291. The monoisotopic (exact) mass is 302 g/mol. The summed E-state index contributed by atoms with van der Waals surface area (Å²) < 4.78 is 49.2. The van der Waals surface area contributed by atoms with Crippen LogP contribution >= 0.6 is 0 Å². The van der Waals surface area contributed by atoms with Gasteiger partial charge in [0.05, 0.1) is 12.2 Å². The van der Waals surface area contributed by atoms with Gasteiger partial charge in [0.1, 0.15) is 11.6 Å². The minimum atomic E-state index is -4.54. The molecule has 1 aliphatic rings. The number of nitrogens with two attached hydrogens (primary N) is 1. The van der Waals surface area contributed by atoms with E-state index in [1.807, 2.05) is 0 Å². The Morgan fingerprint density at radius 2 is 2.00 bits per heavy atom. The lowest BCUT2D eigenvalue weighted by atomic mass is 10.0. The van der Waals surface area contributed by atoms with Crippen molar-refractivity contribution in [3.8, 4) is 5.75 Å². The molecule has 1 aromatic carbocycles. The highest BCUT2D eigenvalue weighted by atomic mass is 19.4. The van der Waals surface area contributed by atoms with Crippen molar-refractivity contribution in [2.75, 3.05) is 19.8 Å². The van der Waals surface area contributed by atoms with Gasteiger partial charge < -0.3 is 15.2 Å². The molecule has 1 aliphatic heterocycles. The molecule has 3 N–H and O–H groups in total. The number of nitrogens with one attached hydrogen (secondary N) is 1. The summed E-state index contributed by atoms with van der Waals surface area (Å²) in [5.74, 6) is 0.000328. The summed E-state index contributed by atoms with van der Waals surface area (Å²) in [5, 5.41) is 7.29. The van der Waals surface area contributed by atoms with Crippen LogP contribution in [-0.2, 0) is 10.9 Å². The highest BCUT2D eigenvalue weighted by molar-refractivity contribution is 5.97. The van der Waals surface area contributed by atoms with E-state index in [4.69, 9.17) is 20.6 Å². The van der Waals surface area contributed by atoms with Crippen LogP contribution in [0.2, 0.25) is 0 Å². The SMILES string of the molecule is N=C(N)c1cc(OCC2CCOCC2)ccc1C(F)(F)F. The zero-order chi connectivity index (χ0) is 15.5. The molecule has 21 heavy (non-hydrogen) atoms. The highest BCUT2D eigenvalue weighted by Gasteiger charge is 2.34. The number of benzene rings is 1. The number of hydrogen-bond donors (Lipinski definition) is 2. The zero-order valence-corrected chi connectivity index (χ0v) is 11.4. The smallest absolute Gasteiger partial charge is 0.417 e. The molecule has 0 amide bonds. The van der Waals surface area contributed by atoms with Crippen LogP contribution < -0.4 is 10.5 Å². The Balaban J connectivity index is 2.10. The van der Waals surface area contributed by atoms with Crippen molar-refractivity contribution in [1.29, 1.82) is 5.41 Å². The first-order valence-electron chi connectivity index (χ1n) is 6.64. The fourth-order valence-corrected chi connectivity index (χ4v) is 2.21. The normalized spacial score (nSPS) is 16.7. The summed E-state index contributed by atoms with van der Waals surface area (Å²) in [5.41, 5.74) is 3.95. The van der Waals surface area contributed by atoms with Crippen molar-refractivity contribution in [2.45, 2.75) is 19.0 Å². The van der Waals surface area contributed by atoms with Crippen molar-refractivity contribution < 1.29 is 22.6 Å². The molecule has 2 rings (SSSR count). The zero-order valence-electron chi connectivity index (χ0n) is 11.4. The summed E-state index contributed by atoms with van der Waals surface area (Å²) in [6.07, 6.45) is -2.79. The van der Waals surface area contributed by atoms with E-state index < -0.39 is 17.6 Å². The van der Waals surface area contributed by atoms with Crippen LogP contribution in [0.3, 0.4) is 0 Å². The number of amidine groups is 1. The van der Waals surface area contributed by atoms with Crippen molar-refractivity contribution in [2.24, 2.45) is 11.7 Å². The van der Waals surface area contributed by atoms with Crippen LogP contribution in [0.15, 0.2) is 18.2 Å². The average molecular weight is 302 g/mol. The van der Waals surface area contributed by atoms with Crippen molar-refractivity contribution in [3.05, 3.63) is 29.3 Å². The van der Waals surface area contributed by atoms with Gasteiger partial charge in [-0.3, -0.25) is 5.41 Å². The van der Waals surface area contributed by atoms with Crippen LogP contribution in [0.5, 0.6) is 5.75 Å². The molecule has 4 nitrogen and oxygen atoms in total. The number of rotatable bonds is 4. The lowest BCUT2D eigenvalue weighted by Gasteiger charge is -2.22. The first kappa shape index (κ1) is 15.6. The van der Waals surface area contributed by atoms with Gasteiger partial charge in [-0.05, 0) is 37.0 Å². The maximum Gasteiger partial charge on any atom is 0.417 e. The van der Waals surface area contributed by atoms with Gasteiger partial charge in [-0.2, -0.15) is 13.2 Å². The summed E-state index contributed by atoms with van der Waals surface area (Å²) >= 11 is 0. The fraction of sp³-hybridized carbons (Fsp3) is 0.500. The predicted molar refractivity (Wildman–Crippen MR) is 71.5 cm³/mol. The number of halogens is 3. The molecule has 0 bridgehead atoms. The van der Waals surface area contributed by atoms with Gasteiger partial charge in [0.2, 0.25) is 0 Å². The number of hydrogen-bond acceptors (Lipinski definition) is 3. The van der Waals surface area contributed by atoms with E-state index in [2.05, 4.69) is 0 Å². The Morgan fingerprint density at radius 3 is 2.57 bits per heavy atom. The van der Waals surface area contributed by atoms with E-state index >= 15 is 0 Å². The molecule has 0 unspecified atom stereocenters. The number of nitrogen functional groups attached to an aromatic ring is 1. The Kier molecular flexibility index (Phi) is 4.72. The van der Waals surface area contributed by atoms with Gasteiger partial charge in [-0.1, -0.05) is 0 Å². The average Bonchev–Trinajstić information content (AvgIpc) is 2.45. The number of ether oxygens (including phenoxy) is 2. The first-order chi connectivity index (χ1) is 9.88. The summed E-state index contributed by atoms with van der Waals surface area (Å²) in [4.78, 5) is 0. The van der Waals surface area contributed by atoms with Gasteiger partial charge in [0.25, 0.3) is 0 Å². The molecule has 7 heteroatoms. The molecule has 0 spiro atoms. The van der Waals surface area contributed by atoms with Gasteiger partial charge in [-0.15, -0.1) is 0 Å². The van der Waals surface area contributed by atoms with E-state index in [0.717, 1.165) is 18.9 Å². The molecule has 0 radical (unpaired) electrons. The van der Waals surface area contributed by atoms with Crippen LogP contribution in [0, 0.1) is 11.3 Å². The number of alkyl halides is 3. The lowest BCUT2D eigenvalue weighted by molar-refractivity contribution is -0.137. The van der Waals surface area contributed by atoms with E-state index in [0.29, 0.717) is 31.5 Å².